The summed E-state index contributed by atoms with van der Waals surface area (Å²) in [6, 6.07) is 9.15. The monoisotopic (exact) mass is 319 g/mol. The normalized spacial score (nSPS) is 20.8. The lowest BCUT2D eigenvalue weighted by atomic mass is 9.86. The van der Waals surface area contributed by atoms with Gasteiger partial charge in [0.25, 0.3) is 0 Å². The molecule has 1 fully saturated rings. The highest BCUT2D eigenvalue weighted by Gasteiger charge is 2.31. The minimum Gasteiger partial charge on any atom is -0.444 e. The lowest BCUT2D eigenvalue weighted by molar-refractivity contribution is 0.0475. The smallest absolute Gasteiger partial charge is 0.407 e. The number of amides is 1. The zero-order chi connectivity index (χ0) is 17.0. The van der Waals surface area contributed by atoms with Crippen molar-refractivity contribution in [2.45, 2.75) is 57.8 Å². The lowest BCUT2D eigenvalue weighted by Crippen LogP contribution is -2.50. The molecule has 1 aliphatic carbocycles. The summed E-state index contributed by atoms with van der Waals surface area (Å²) in [5.74, 6) is 0. The van der Waals surface area contributed by atoms with Gasteiger partial charge >= 0.3 is 6.09 Å². The molecule has 0 bridgehead atoms. The fourth-order valence-corrected chi connectivity index (χ4v) is 2.64. The Morgan fingerprint density at radius 1 is 1.17 bits per heavy atom. The fraction of sp³-hybridized carbons (Fsp3) is 0.611. The molecule has 5 nitrogen and oxygen atoms in total. The molecule has 2 N–H and O–H groups in total. The van der Waals surface area contributed by atoms with Crippen LogP contribution in [-0.2, 0) is 11.3 Å². The van der Waals surface area contributed by atoms with Crippen LogP contribution in [0.15, 0.2) is 24.3 Å². The summed E-state index contributed by atoms with van der Waals surface area (Å²) in [4.78, 5) is 13.8. The second-order valence-corrected chi connectivity index (χ2v) is 7.59. The number of rotatable bonds is 5. The van der Waals surface area contributed by atoms with E-state index in [0.29, 0.717) is 6.04 Å². The quantitative estimate of drug-likeness (QED) is 0.875. The van der Waals surface area contributed by atoms with E-state index < -0.39 is 5.60 Å². The van der Waals surface area contributed by atoms with E-state index in [1.165, 1.54) is 5.56 Å². The summed E-state index contributed by atoms with van der Waals surface area (Å²) >= 11 is 0. The standard InChI is InChI=1S/C18H29N3O2/c1-18(2,3)23-17(22)20-16-10-15(11-16)19-14-8-6-13(7-9-14)12-21(4)5/h6-9,15-16,19H,10-12H2,1-5H3,(H,20,22). The minimum absolute atomic E-state index is 0.204. The van der Waals surface area contributed by atoms with E-state index in [2.05, 4.69) is 53.9 Å². The first-order chi connectivity index (χ1) is 10.7. The second-order valence-electron chi connectivity index (χ2n) is 7.59. The van der Waals surface area contributed by atoms with Crippen molar-refractivity contribution in [2.24, 2.45) is 0 Å². The Labute approximate surface area is 139 Å². The van der Waals surface area contributed by atoms with Crippen LogP contribution in [0.2, 0.25) is 0 Å². The number of ether oxygens (including phenoxy) is 1. The third-order valence-corrected chi connectivity index (χ3v) is 3.68. The van der Waals surface area contributed by atoms with Crippen LogP contribution in [0.4, 0.5) is 10.5 Å². The summed E-state index contributed by atoms with van der Waals surface area (Å²) in [6.45, 7) is 6.57. The van der Waals surface area contributed by atoms with E-state index in [1.807, 2.05) is 20.8 Å². The van der Waals surface area contributed by atoms with E-state index in [9.17, 15) is 4.79 Å². The van der Waals surface area contributed by atoms with Crippen LogP contribution >= 0.6 is 0 Å². The zero-order valence-electron chi connectivity index (χ0n) is 14.8. The van der Waals surface area contributed by atoms with Crippen LogP contribution in [0.5, 0.6) is 0 Å². The molecule has 128 valence electrons. The number of benzene rings is 1. The van der Waals surface area contributed by atoms with Gasteiger partial charge in [-0.2, -0.15) is 0 Å². The number of alkyl carbamates (subject to hydrolysis) is 1. The first-order valence-electron chi connectivity index (χ1n) is 8.21. The Bertz CT molecular complexity index is 514. The zero-order valence-corrected chi connectivity index (χ0v) is 14.8. The van der Waals surface area contributed by atoms with Crippen molar-refractivity contribution in [1.29, 1.82) is 0 Å². The van der Waals surface area contributed by atoms with Gasteiger partial charge in [-0.3, -0.25) is 0 Å². The van der Waals surface area contributed by atoms with Crippen molar-refractivity contribution in [1.82, 2.24) is 10.2 Å². The maximum atomic E-state index is 11.7. The van der Waals surface area contributed by atoms with Crippen molar-refractivity contribution in [2.75, 3.05) is 19.4 Å². The molecule has 1 aromatic carbocycles. The van der Waals surface area contributed by atoms with Crippen LogP contribution in [0.1, 0.15) is 39.2 Å². The first-order valence-corrected chi connectivity index (χ1v) is 8.21. The number of hydrogen-bond donors (Lipinski definition) is 2. The maximum Gasteiger partial charge on any atom is 0.407 e. The van der Waals surface area contributed by atoms with E-state index in [-0.39, 0.29) is 12.1 Å². The van der Waals surface area contributed by atoms with Gasteiger partial charge in [0.05, 0.1) is 0 Å². The average molecular weight is 319 g/mol. The summed E-state index contributed by atoms with van der Waals surface area (Å²) in [5, 5.41) is 6.42. The Balaban J connectivity index is 1.70. The number of nitrogens with one attached hydrogen (secondary N) is 2. The van der Waals surface area contributed by atoms with E-state index >= 15 is 0 Å². The Morgan fingerprint density at radius 2 is 1.78 bits per heavy atom. The predicted octanol–water partition coefficient (Wildman–Crippen LogP) is 3.22. The molecule has 0 unspecified atom stereocenters. The van der Waals surface area contributed by atoms with Crippen molar-refractivity contribution >= 4 is 11.8 Å². The number of carbonyl (C=O) groups is 1. The van der Waals surface area contributed by atoms with Crippen LogP contribution in [0, 0.1) is 0 Å². The lowest BCUT2D eigenvalue weighted by Gasteiger charge is -2.37. The van der Waals surface area contributed by atoms with E-state index in [0.717, 1.165) is 25.1 Å². The van der Waals surface area contributed by atoms with Crippen molar-refractivity contribution in [3.8, 4) is 0 Å². The number of carbonyl (C=O) groups excluding carboxylic acids is 1. The number of hydrogen-bond acceptors (Lipinski definition) is 4. The van der Waals surface area contributed by atoms with Crippen LogP contribution < -0.4 is 10.6 Å². The molecule has 1 amide bonds. The van der Waals surface area contributed by atoms with Gasteiger partial charge in [0.1, 0.15) is 5.60 Å². The van der Waals surface area contributed by atoms with Gasteiger partial charge in [-0.15, -0.1) is 0 Å². The molecule has 0 heterocycles. The average Bonchev–Trinajstić information content (AvgIpc) is 2.35. The van der Waals surface area contributed by atoms with Gasteiger partial charge in [0.2, 0.25) is 0 Å². The maximum absolute atomic E-state index is 11.7. The van der Waals surface area contributed by atoms with Gasteiger partial charge in [-0.05, 0) is 65.4 Å². The predicted molar refractivity (Wildman–Crippen MR) is 93.6 cm³/mol. The van der Waals surface area contributed by atoms with E-state index in [4.69, 9.17) is 4.74 Å². The molecular formula is C18H29N3O2. The minimum atomic E-state index is -0.445. The van der Waals surface area contributed by atoms with Gasteiger partial charge in [0, 0.05) is 24.3 Å². The Kier molecular flexibility index (Phi) is 5.52. The third kappa shape index (κ3) is 6.10. The molecular weight excluding hydrogens is 290 g/mol. The van der Waals surface area contributed by atoms with Gasteiger partial charge in [-0.25, -0.2) is 4.79 Å². The highest BCUT2D eigenvalue weighted by atomic mass is 16.6. The third-order valence-electron chi connectivity index (χ3n) is 3.68. The fourth-order valence-electron chi connectivity index (χ4n) is 2.64. The van der Waals surface area contributed by atoms with Crippen LogP contribution in [0.3, 0.4) is 0 Å². The molecule has 1 saturated carbocycles. The van der Waals surface area contributed by atoms with Crippen molar-refractivity contribution in [3.05, 3.63) is 29.8 Å². The van der Waals surface area contributed by atoms with Crippen LogP contribution in [-0.4, -0.2) is 42.8 Å². The van der Waals surface area contributed by atoms with E-state index in [1.54, 1.807) is 0 Å². The summed E-state index contributed by atoms with van der Waals surface area (Å²) in [7, 11) is 4.14. The number of nitrogens with zero attached hydrogens (tertiary/aromatic N) is 1. The molecule has 1 aliphatic rings. The highest BCUT2D eigenvalue weighted by Crippen LogP contribution is 2.25. The van der Waals surface area contributed by atoms with Gasteiger partial charge < -0.3 is 20.3 Å². The number of anilines is 1. The van der Waals surface area contributed by atoms with Gasteiger partial charge in [0.15, 0.2) is 0 Å². The Morgan fingerprint density at radius 3 is 2.30 bits per heavy atom. The SMILES string of the molecule is CN(C)Cc1ccc(NC2CC(NC(=O)OC(C)(C)C)C2)cc1. The summed E-state index contributed by atoms with van der Waals surface area (Å²) < 4.78 is 5.27. The summed E-state index contributed by atoms with van der Waals surface area (Å²) in [6.07, 6.45) is 1.53. The summed E-state index contributed by atoms with van der Waals surface area (Å²) in [5.41, 5.74) is 1.99. The highest BCUT2D eigenvalue weighted by molar-refractivity contribution is 5.68. The topological polar surface area (TPSA) is 53.6 Å². The molecule has 0 atom stereocenters. The molecule has 0 aliphatic heterocycles. The molecule has 0 saturated heterocycles. The molecule has 1 aromatic rings. The van der Waals surface area contributed by atoms with Gasteiger partial charge in [-0.1, -0.05) is 12.1 Å². The molecule has 0 radical (unpaired) electrons. The molecule has 23 heavy (non-hydrogen) atoms. The molecule has 0 aromatic heterocycles. The Hall–Kier alpha value is -1.75. The largest absolute Gasteiger partial charge is 0.444 e. The molecule has 0 spiro atoms. The molecule has 5 heteroatoms. The second kappa shape index (κ2) is 7.21. The van der Waals surface area contributed by atoms with Crippen LogP contribution in [0.25, 0.3) is 0 Å². The van der Waals surface area contributed by atoms with Crippen molar-refractivity contribution < 1.29 is 9.53 Å². The molecule has 2 rings (SSSR count). The first kappa shape index (κ1) is 17.6. The van der Waals surface area contributed by atoms with Crippen molar-refractivity contribution in [3.63, 3.8) is 0 Å².